The van der Waals surface area contributed by atoms with Crippen LogP contribution in [0.1, 0.15) is 32.1 Å². The Balaban J connectivity index is 1.88. The van der Waals surface area contributed by atoms with Crippen molar-refractivity contribution in [1.82, 2.24) is 0 Å². The smallest absolute Gasteiger partial charge is 0.183 e. The van der Waals surface area contributed by atoms with Gasteiger partial charge in [-0.2, -0.15) is 0 Å². The van der Waals surface area contributed by atoms with Gasteiger partial charge in [0.2, 0.25) is 0 Å². The standard InChI is InChI=1S/C14H18F2N2/c15-10-4-5-11-13(12(10)16)18-9-14(8-17-11)6-2-1-3-7-14/h4-5,17-18H,1-3,6-9H2. The van der Waals surface area contributed by atoms with E-state index in [0.29, 0.717) is 5.69 Å². The topological polar surface area (TPSA) is 24.1 Å². The minimum Gasteiger partial charge on any atom is -0.383 e. The first-order valence-electron chi connectivity index (χ1n) is 6.66. The second-order valence-electron chi connectivity index (χ2n) is 5.55. The fraction of sp³-hybridized carbons (Fsp3) is 0.571. The van der Waals surface area contributed by atoms with Gasteiger partial charge in [-0.25, -0.2) is 8.78 Å². The van der Waals surface area contributed by atoms with Gasteiger partial charge in [-0.05, 0) is 25.0 Å². The van der Waals surface area contributed by atoms with E-state index in [1.54, 1.807) is 6.07 Å². The number of benzene rings is 1. The van der Waals surface area contributed by atoms with E-state index >= 15 is 0 Å². The molecule has 0 atom stereocenters. The lowest BCUT2D eigenvalue weighted by Crippen LogP contribution is -2.36. The van der Waals surface area contributed by atoms with Crippen LogP contribution in [-0.4, -0.2) is 13.1 Å². The summed E-state index contributed by atoms with van der Waals surface area (Å²) >= 11 is 0. The van der Waals surface area contributed by atoms with Crippen LogP contribution < -0.4 is 10.6 Å². The third-order valence-electron chi connectivity index (χ3n) is 4.30. The molecule has 1 aromatic rings. The van der Waals surface area contributed by atoms with E-state index in [-0.39, 0.29) is 11.1 Å². The molecule has 1 saturated carbocycles. The summed E-state index contributed by atoms with van der Waals surface area (Å²) in [5.74, 6) is -1.56. The normalized spacial score (nSPS) is 21.7. The molecule has 4 heteroatoms. The summed E-state index contributed by atoms with van der Waals surface area (Å²) in [7, 11) is 0. The quantitative estimate of drug-likeness (QED) is 0.734. The van der Waals surface area contributed by atoms with Gasteiger partial charge in [-0.15, -0.1) is 0 Å². The third-order valence-corrected chi connectivity index (χ3v) is 4.30. The number of anilines is 2. The van der Waals surface area contributed by atoms with Crippen molar-refractivity contribution in [2.45, 2.75) is 32.1 Å². The number of hydrogen-bond acceptors (Lipinski definition) is 2. The molecule has 0 saturated heterocycles. The maximum atomic E-state index is 13.7. The molecule has 3 rings (SSSR count). The zero-order valence-corrected chi connectivity index (χ0v) is 10.4. The highest BCUT2D eigenvalue weighted by Crippen LogP contribution is 2.40. The summed E-state index contributed by atoms with van der Waals surface area (Å²) in [5, 5.41) is 6.40. The Morgan fingerprint density at radius 3 is 2.44 bits per heavy atom. The third kappa shape index (κ3) is 1.93. The molecule has 1 aromatic carbocycles. The molecule has 2 nitrogen and oxygen atoms in total. The SMILES string of the molecule is Fc1ccc2c(c1F)NCC1(CCCCC1)CN2. The minimum absolute atomic E-state index is 0.195. The van der Waals surface area contributed by atoms with Crippen LogP contribution in [0.2, 0.25) is 0 Å². The molecule has 1 heterocycles. The number of hydrogen-bond donors (Lipinski definition) is 2. The Hall–Kier alpha value is -1.32. The second kappa shape index (κ2) is 4.41. The van der Waals surface area contributed by atoms with E-state index in [1.165, 1.54) is 25.3 Å². The van der Waals surface area contributed by atoms with Crippen LogP contribution in [0.15, 0.2) is 12.1 Å². The van der Waals surface area contributed by atoms with Crippen LogP contribution in [0, 0.1) is 17.0 Å². The van der Waals surface area contributed by atoms with Crippen molar-refractivity contribution in [3.63, 3.8) is 0 Å². The molecule has 2 N–H and O–H groups in total. The van der Waals surface area contributed by atoms with Crippen molar-refractivity contribution in [2.75, 3.05) is 23.7 Å². The zero-order valence-electron chi connectivity index (χ0n) is 10.4. The largest absolute Gasteiger partial charge is 0.383 e. The van der Waals surface area contributed by atoms with Gasteiger partial charge in [0, 0.05) is 18.5 Å². The first-order valence-corrected chi connectivity index (χ1v) is 6.66. The van der Waals surface area contributed by atoms with Crippen molar-refractivity contribution >= 4 is 11.4 Å². The van der Waals surface area contributed by atoms with Crippen LogP contribution in [0.3, 0.4) is 0 Å². The van der Waals surface area contributed by atoms with Crippen molar-refractivity contribution in [3.8, 4) is 0 Å². The Morgan fingerprint density at radius 2 is 1.67 bits per heavy atom. The summed E-state index contributed by atoms with van der Waals surface area (Å²) in [6.45, 7) is 1.57. The highest BCUT2D eigenvalue weighted by Gasteiger charge is 2.34. The van der Waals surface area contributed by atoms with E-state index < -0.39 is 11.6 Å². The van der Waals surface area contributed by atoms with Crippen LogP contribution in [-0.2, 0) is 0 Å². The molecule has 1 aliphatic carbocycles. The van der Waals surface area contributed by atoms with Gasteiger partial charge >= 0.3 is 0 Å². The highest BCUT2D eigenvalue weighted by atomic mass is 19.2. The zero-order chi connectivity index (χ0) is 12.6. The average molecular weight is 252 g/mol. The summed E-state index contributed by atoms with van der Waals surface area (Å²) in [4.78, 5) is 0. The van der Waals surface area contributed by atoms with Gasteiger partial charge in [0.15, 0.2) is 11.6 Å². The summed E-state index contributed by atoms with van der Waals surface area (Å²) in [5.41, 5.74) is 1.16. The molecule has 2 aliphatic rings. The van der Waals surface area contributed by atoms with Gasteiger partial charge < -0.3 is 10.6 Å². The lowest BCUT2D eigenvalue weighted by Gasteiger charge is -2.36. The van der Waals surface area contributed by atoms with Crippen LogP contribution >= 0.6 is 0 Å². The number of fused-ring (bicyclic) bond motifs is 1. The molecule has 0 aromatic heterocycles. The highest BCUT2D eigenvalue weighted by molar-refractivity contribution is 5.70. The van der Waals surface area contributed by atoms with Crippen LogP contribution in [0.4, 0.5) is 20.2 Å². The van der Waals surface area contributed by atoms with Gasteiger partial charge in [-0.1, -0.05) is 19.3 Å². The van der Waals surface area contributed by atoms with Crippen molar-refractivity contribution in [1.29, 1.82) is 0 Å². The molecule has 18 heavy (non-hydrogen) atoms. The maximum absolute atomic E-state index is 13.7. The van der Waals surface area contributed by atoms with E-state index in [0.717, 1.165) is 25.9 Å². The second-order valence-corrected chi connectivity index (χ2v) is 5.55. The molecule has 98 valence electrons. The van der Waals surface area contributed by atoms with Gasteiger partial charge in [0.1, 0.15) is 0 Å². The molecule has 0 amide bonds. The lowest BCUT2D eigenvalue weighted by molar-refractivity contribution is 0.224. The Bertz CT molecular complexity index is 453. The van der Waals surface area contributed by atoms with Gasteiger partial charge in [0.25, 0.3) is 0 Å². The molecule has 0 unspecified atom stereocenters. The Morgan fingerprint density at radius 1 is 0.944 bits per heavy atom. The maximum Gasteiger partial charge on any atom is 0.183 e. The summed E-state index contributed by atoms with van der Waals surface area (Å²) in [6.07, 6.45) is 6.07. The van der Waals surface area contributed by atoms with Crippen LogP contribution in [0.25, 0.3) is 0 Å². The molecule has 0 radical (unpaired) electrons. The van der Waals surface area contributed by atoms with Crippen molar-refractivity contribution in [3.05, 3.63) is 23.8 Å². The van der Waals surface area contributed by atoms with E-state index in [9.17, 15) is 8.78 Å². The minimum atomic E-state index is -0.789. The van der Waals surface area contributed by atoms with Crippen molar-refractivity contribution in [2.24, 2.45) is 5.41 Å². The average Bonchev–Trinajstić information content (AvgIpc) is 2.56. The fourth-order valence-electron chi connectivity index (χ4n) is 3.15. The predicted molar refractivity (Wildman–Crippen MR) is 68.9 cm³/mol. The first kappa shape index (κ1) is 11.8. The van der Waals surface area contributed by atoms with Gasteiger partial charge in [-0.3, -0.25) is 0 Å². The molecular weight excluding hydrogens is 234 g/mol. The summed E-state index contributed by atoms with van der Waals surface area (Å²) < 4.78 is 27.0. The van der Waals surface area contributed by atoms with E-state index in [1.807, 2.05) is 0 Å². The number of nitrogens with one attached hydrogen (secondary N) is 2. The van der Waals surface area contributed by atoms with Crippen LogP contribution in [0.5, 0.6) is 0 Å². The fourth-order valence-corrected chi connectivity index (χ4v) is 3.15. The molecule has 0 bridgehead atoms. The molecule has 1 aliphatic heterocycles. The lowest BCUT2D eigenvalue weighted by atomic mass is 9.74. The Labute approximate surface area is 106 Å². The monoisotopic (exact) mass is 252 g/mol. The molecular formula is C14H18F2N2. The van der Waals surface area contributed by atoms with Crippen molar-refractivity contribution < 1.29 is 8.78 Å². The summed E-state index contributed by atoms with van der Waals surface area (Å²) in [6, 6.07) is 2.80. The van der Waals surface area contributed by atoms with Gasteiger partial charge in [0.05, 0.1) is 11.4 Å². The Kier molecular flexibility index (Phi) is 2.88. The first-order chi connectivity index (χ1) is 8.70. The molecule has 1 fully saturated rings. The number of rotatable bonds is 0. The number of halogens is 2. The van der Waals surface area contributed by atoms with E-state index in [2.05, 4.69) is 10.6 Å². The van der Waals surface area contributed by atoms with E-state index in [4.69, 9.17) is 0 Å². The molecule has 1 spiro atoms. The predicted octanol–water partition coefficient (Wildman–Crippen LogP) is 3.75.